The van der Waals surface area contributed by atoms with Crippen LogP contribution in [0.3, 0.4) is 0 Å². The minimum absolute atomic E-state index is 0.0245. The Morgan fingerprint density at radius 3 is 2.29 bits per heavy atom. The fraction of sp³-hybridized carbons (Fsp3) is 0.467. The van der Waals surface area contributed by atoms with Crippen molar-refractivity contribution < 1.29 is 49.6 Å². The first-order valence-corrected chi connectivity index (χ1v) is 16.4. The summed E-state index contributed by atoms with van der Waals surface area (Å²) in [6, 6.07) is 4.17. The van der Waals surface area contributed by atoms with Gasteiger partial charge in [-0.25, -0.2) is 29.1 Å². The number of hydrogen-bond acceptors (Lipinski definition) is 11. The summed E-state index contributed by atoms with van der Waals surface area (Å²) in [6.45, 7) is 9.94. The molecule has 1 fully saturated rings. The average Bonchev–Trinajstić information content (AvgIpc) is 3.63. The van der Waals surface area contributed by atoms with Crippen molar-refractivity contribution in [1.29, 1.82) is 0 Å². The number of aromatic nitrogens is 5. The molecule has 1 saturated heterocycles. The number of amides is 2. The minimum Gasteiger partial charge on any atom is -0.444 e. The number of piperidine rings is 1. The molecule has 49 heavy (non-hydrogen) atoms. The molecule has 4 aromatic rings. The van der Waals surface area contributed by atoms with Crippen LogP contribution < -0.4 is 9.50 Å². The number of carbonyl (C=O) groups is 3. The lowest BCUT2D eigenvalue weighted by molar-refractivity contribution is -0.126. The zero-order valence-corrected chi connectivity index (χ0v) is 28.0. The van der Waals surface area contributed by atoms with Gasteiger partial charge in [-0.1, -0.05) is 0 Å². The van der Waals surface area contributed by atoms with E-state index in [4.69, 9.17) is 13.7 Å². The van der Waals surface area contributed by atoms with Gasteiger partial charge in [0, 0.05) is 23.7 Å². The maximum Gasteiger partial charge on any atom is 0.534 e. The van der Waals surface area contributed by atoms with E-state index in [0.717, 1.165) is 10.9 Å². The second-order valence-corrected chi connectivity index (χ2v) is 15.2. The topological polar surface area (TPSA) is 177 Å². The van der Waals surface area contributed by atoms with Gasteiger partial charge >= 0.3 is 27.8 Å². The van der Waals surface area contributed by atoms with Gasteiger partial charge in [-0.2, -0.15) is 21.6 Å². The number of ether oxygens (including phenoxy) is 2. The largest absolute Gasteiger partial charge is 0.534 e. The Kier molecular flexibility index (Phi) is 7.65. The molecule has 0 aliphatic carbocycles. The number of fused-ring (bicyclic) bond motifs is 5. The van der Waals surface area contributed by atoms with Crippen molar-refractivity contribution in [3.8, 4) is 17.0 Å². The Balaban J connectivity index is 1.57. The van der Waals surface area contributed by atoms with Crippen molar-refractivity contribution in [2.45, 2.75) is 83.3 Å². The maximum atomic E-state index is 13.8. The third-order valence-electron chi connectivity index (χ3n) is 7.82. The zero-order chi connectivity index (χ0) is 35.9. The van der Waals surface area contributed by atoms with E-state index >= 15 is 0 Å². The van der Waals surface area contributed by atoms with Gasteiger partial charge in [0.15, 0.2) is 11.4 Å². The molecule has 3 aromatic heterocycles. The normalized spacial score (nSPS) is 18.6. The summed E-state index contributed by atoms with van der Waals surface area (Å²) in [4.78, 5) is 53.4. The molecular formula is C30H32F3N7O8S. The molecule has 1 aromatic carbocycles. The smallest absolute Gasteiger partial charge is 0.444 e. The van der Waals surface area contributed by atoms with Gasteiger partial charge in [0.2, 0.25) is 5.91 Å². The Morgan fingerprint density at radius 1 is 0.980 bits per heavy atom. The van der Waals surface area contributed by atoms with E-state index in [0.29, 0.717) is 0 Å². The number of carbonyl (C=O) groups excluding carboxylic acids is 3. The molecule has 1 N–H and O–H groups in total. The minimum atomic E-state index is -6.25. The first-order chi connectivity index (χ1) is 22.6. The van der Waals surface area contributed by atoms with Crippen molar-refractivity contribution in [2.24, 2.45) is 0 Å². The summed E-state index contributed by atoms with van der Waals surface area (Å²) in [5.74, 6) is -1.09. The molecule has 1 atom stereocenters. The SMILES string of the molecule is CC(C)(C)OC(=O)N1Cn2c(nc3c(OS(=O)(=O)C(F)(F)F)c(-c4ncnc5c4ccn5C(=O)OC(C)(C)C)ccc32)[C@]12CCNC(=O)C2. The number of halogens is 3. The predicted octanol–water partition coefficient (Wildman–Crippen LogP) is 4.77. The standard InChI is InChI=1S/C30H32F3N7O8S/c1-27(2,3)46-25(42)38-12-9-17-20(35-14-36-23(17)38)16-7-8-18-21(22(16)48-49(44,45)30(31,32)33)37-24-29(10-11-34-19(41)13-29)40(15-39(18)24)26(43)47-28(4,5)6/h7-9,12,14H,10-11,13,15H2,1-6H3,(H,34,41)/t29-/m1/s1. The molecule has 2 aliphatic rings. The van der Waals surface area contributed by atoms with Crippen molar-refractivity contribution in [1.82, 2.24) is 34.3 Å². The Labute approximate surface area is 277 Å². The summed E-state index contributed by atoms with van der Waals surface area (Å²) < 4.78 is 84.8. The molecule has 15 nitrogen and oxygen atoms in total. The summed E-state index contributed by atoms with van der Waals surface area (Å²) in [5, 5.41) is 2.86. The summed E-state index contributed by atoms with van der Waals surface area (Å²) in [5.41, 5.74) is -9.40. The molecule has 2 amide bonds. The van der Waals surface area contributed by atoms with Crippen LogP contribution in [0.25, 0.3) is 33.3 Å². The first kappa shape index (κ1) is 33.9. The predicted molar refractivity (Wildman–Crippen MR) is 165 cm³/mol. The summed E-state index contributed by atoms with van der Waals surface area (Å²) in [6.07, 6.45) is 0.774. The van der Waals surface area contributed by atoms with E-state index in [1.54, 1.807) is 41.5 Å². The monoisotopic (exact) mass is 707 g/mol. The molecule has 0 unspecified atom stereocenters. The van der Waals surface area contributed by atoms with E-state index in [9.17, 15) is 36.0 Å². The highest BCUT2D eigenvalue weighted by Gasteiger charge is 2.55. The van der Waals surface area contributed by atoms with Crippen molar-refractivity contribution in [3.05, 3.63) is 36.5 Å². The third-order valence-corrected chi connectivity index (χ3v) is 8.77. The van der Waals surface area contributed by atoms with E-state index in [1.165, 1.54) is 33.9 Å². The number of rotatable bonds is 3. The highest BCUT2D eigenvalue weighted by Crippen LogP contribution is 2.48. The number of imidazole rings is 1. The van der Waals surface area contributed by atoms with Crippen LogP contribution in [-0.2, 0) is 36.6 Å². The second kappa shape index (κ2) is 11.0. The summed E-state index contributed by atoms with van der Waals surface area (Å²) in [7, 11) is -6.25. The Hall–Kier alpha value is -4.94. The molecule has 1 spiro atoms. The van der Waals surface area contributed by atoms with Crippen LogP contribution in [0.15, 0.2) is 30.7 Å². The van der Waals surface area contributed by atoms with Crippen LogP contribution in [-0.4, -0.2) is 78.8 Å². The number of nitrogens with one attached hydrogen (secondary N) is 1. The van der Waals surface area contributed by atoms with Crippen LogP contribution in [0.4, 0.5) is 22.8 Å². The zero-order valence-electron chi connectivity index (χ0n) is 27.2. The average molecular weight is 708 g/mol. The first-order valence-electron chi connectivity index (χ1n) is 15.0. The lowest BCUT2D eigenvalue weighted by atomic mass is 9.86. The number of nitrogens with zero attached hydrogens (tertiary/aromatic N) is 6. The number of hydrogen-bond donors (Lipinski definition) is 1. The van der Waals surface area contributed by atoms with Crippen LogP contribution >= 0.6 is 0 Å². The lowest BCUT2D eigenvalue weighted by Crippen LogP contribution is -2.54. The molecule has 2 aliphatic heterocycles. The molecule has 0 saturated carbocycles. The number of benzene rings is 1. The molecule has 262 valence electrons. The molecule has 0 radical (unpaired) electrons. The van der Waals surface area contributed by atoms with E-state index in [2.05, 4.69) is 20.3 Å². The maximum absolute atomic E-state index is 13.8. The van der Waals surface area contributed by atoms with Gasteiger partial charge < -0.3 is 23.5 Å². The van der Waals surface area contributed by atoms with E-state index in [-0.39, 0.29) is 65.2 Å². The molecule has 5 heterocycles. The van der Waals surface area contributed by atoms with Crippen molar-refractivity contribution in [2.75, 3.05) is 6.54 Å². The van der Waals surface area contributed by atoms with Gasteiger partial charge in [0.1, 0.15) is 41.1 Å². The van der Waals surface area contributed by atoms with Gasteiger partial charge in [0.05, 0.1) is 17.6 Å². The van der Waals surface area contributed by atoms with Crippen molar-refractivity contribution >= 4 is 50.3 Å². The van der Waals surface area contributed by atoms with Crippen LogP contribution in [0.1, 0.15) is 60.2 Å². The van der Waals surface area contributed by atoms with Crippen LogP contribution in [0.5, 0.6) is 5.75 Å². The summed E-state index contributed by atoms with van der Waals surface area (Å²) >= 11 is 0. The van der Waals surface area contributed by atoms with Gasteiger partial charge in [0.25, 0.3) is 0 Å². The highest BCUT2D eigenvalue weighted by atomic mass is 32.2. The van der Waals surface area contributed by atoms with Crippen LogP contribution in [0, 0.1) is 0 Å². The Morgan fingerprint density at radius 2 is 1.65 bits per heavy atom. The quantitative estimate of drug-likeness (QED) is 0.229. The lowest BCUT2D eigenvalue weighted by Gasteiger charge is -2.39. The molecule has 6 rings (SSSR count). The van der Waals surface area contributed by atoms with Crippen LogP contribution in [0.2, 0.25) is 0 Å². The highest BCUT2D eigenvalue weighted by molar-refractivity contribution is 7.88. The third kappa shape index (κ3) is 5.89. The van der Waals surface area contributed by atoms with E-state index in [1.807, 2.05) is 0 Å². The van der Waals surface area contributed by atoms with Crippen molar-refractivity contribution in [3.63, 3.8) is 0 Å². The molecule has 0 bridgehead atoms. The molecular weight excluding hydrogens is 675 g/mol. The Bertz CT molecular complexity index is 2150. The van der Waals surface area contributed by atoms with Gasteiger partial charge in [-0.05, 0) is 66.2 Å². The fourth-order valence-corrected chi connectivity index (χ4v) is 6.39. The van der Waals surface area contributed by atoms with Gasteiger partial charge in [-0.15, -0.1) is 0 Å². The van der Waals surface area contributed by atoms with E-state index < -0.39 is 56.2 Å². The van der Waals surface area contributed by atoms with Gasteiger partial charge in [-0.3, -0.25) is 9.69 Å². The fourth-order valence-electron chi connectivity index (χ4n) is 5.91. The second-order valence-electron chi connectivity index (χ2n) is 13.6. The molecule has 19 heteroatoms. The number of alkyl halides is 3.